The van der Waals surface area contributed by atoms with Gasteiger partial charge in [0.05, 0.1) is 12.2 Å². The molecule has 0 aliphatic heterocycles. The van der Waals surface area contributed by atoms with Crippen LogP contribution in [0.25, 0.3) is 0 Å². The van der Waals surface area contributed by atoms with E-state index in [0.717, 1.165) is 0 Å². The molecule has 0 bridgehead atoms. The average molecular weight is 289 g/mol. The quantitative estimate of drug-likeness (QED) is 0.571. The van der Waals surface area contributed by atoms with E-state index in [1.54, 1.807) is 37.3 Å². The van der Waals surface area contributed by atoms with Crippen molar-refractivity contribution >= 4 is 17.7 Å². The third-order valence-corrected chi connectivity index (χ3v) is 2.55. The summed E-state index contributed by atoms with van der Waals surface area (Å²) in [6.07, 6.45) is 2.58. The summed E-state index contributed by atoms with van der Waals surface area (Å²) in [4.78, 5) is 24.9. The predicted octanol–water partition coefficient (Wildman–Crippen LogP) is 3.18. The van der Waals surface area contributed by atoms with Gasteiger partial charge in [0.25, 0.3) is 0 Å². The molecule has 1 aromatic rings. The highest BCUT2D eigenvalue weighted by Gasteiger charge is 2.16. The molecule has 1 aromatic carbocycles. The highest BCUT2D eigenvalue weighted by atomic mass is 16.6. The molecule has 0 atom stereocenters. The second kappa shape index (κ2) is 8.58. The van der Waals surface area contributed by atoms with Gasteiger partial charge in [-0.25, -0.2) is 9.59 Å². The summed E-state index contributed by atoms with van der Waals surface area (Å²) in [6.45, 7) is 9.60. The van der Waals surface area contributed by atoms with E-state index in [4.69, 9.17) is 9.47 Å². The van der Waals surface area contributed by atoms with Gasteiger partial charge in [0.2, 0.25) is 0 Å². The fourth-order valence-electron chi connectivity index (χ4n) is 1.61. The van der Waals surface area contributed by atoms with Gasteiger partial charge in [0.1, 0.15) is 6.61 Å². The van der Waals surface area contributed by atoms with E-state index in [9.17, 15) is 9.59 Å². The molecule has 0 saturated heterocycles. The molecule has 0 aliphatic carbocycles. The minimum Gasteiger partial charge on any atom is -0.462 e. The number of carbonyl (C=O) groups excluding carboxylic acids is 2. The highest BCUT2D eigenvalue weighted by molar-refractivity contribution is 5.92. The number of amides is 1. The van der Waals surface area contributed by atoms with E-state index in [-0.39, 0.29) is 6.61 Å². The Morgan fingerprint density at radius 3 is 2.33 bits per heavy atom. The topological polar surface area (TPSA) is 55.8 Å². The molecule has 0 unspecified atom stereocenters. The molecule has 0 aromatic heterocycles. The van der Waals surface area contributed by atoms with E-state index in [2.05, 4.69) is 13.2 Å². The van der Waals surface area contributed by atoms with Crippen molar-refractivity contribution < 1.29 is 19.1 Å². The molecule has 0 heterocycles. The normalized spacial score (nSPS) is 9.57. The monoisotopic (exact) mass is 289 g/mol. The van der Waals surface area contributed by atoms with Crippen LogP contribution in [0.1, 0.15) is 17.3 Å². The summed E-state index contributed by atoms with van der Waals surface area (Å²) in [5.41, 5.74) is 1.04. The Morgan fingerprint density at radius 2 is 1.81 bits per heavy atom. The lowest BCUT2D eigenvalue weighted by Gasteiger charge is -2.20. The van der Waals surface area contributed by atoms with Gasteiger partial charge < -0.3 is 9.47 Å². The Bertz CT molecular complexity index is 508. The molecule has 0 aliphatic rings. The minimum absolute atomic E-state index is 0.132. The third-order valence-electron chi connectivity index (χ3n) is 2.55. The first-order chi connectivity index (χ1) is 10.1. The maximum Gasteiger partial charge on any atom is 0.414 e. The molecule has 5 heteroatoms. The number of rotatable bonds is 7. The number of benzene rings is 1. The van der Waals surface area contributed by atoms with E-state index >= 15 is 0 Å². The Kier molecular flexibility index (Phi) is 6.74. The molecular weight excluding hydrogens is 270 g/mol. The first kappa shape index (κ1) is 16.5. The average Bonchev–Trinajstić information content (AvgIpc) is 2.50. The van der Waals surface area contributed by atoms with E-state index in [1.807, 2.05) is 0 Å². The largest absolute Gasteiger partial charge is 0.462 e. The third kappa shape index (κ3) is 4.80. The molecule has 0 saturated carbocycles. The standard InChI is InChI=1S/C16H19NO4/c1-4-11-17(16(19)21-12-5-2)14-9-7-13(8-10-14)15(18)20-6-3/h4-5,7-10H,1-2,6,11-12H2,3H3. The number of hydrogen-bond donors (Lipinski definition) is 0. The van der Waals surface area contributed by atoms with Crippen LogP contribution in [0.4, 0.5) is 10.5 Å². The number of anilines is 1. The number of carbonyl (C=O) groups is 2. The van der Waals surface area contributed by atoms with Gasteiger partial charge >= 0.3 is 12.1 Å². The van der Waals surface area contributed by atoms with Crippen molar-refractivity contribution in [1.82, 2.24) is 0 Å². The van der Waals surface area contributed by atoms with Gasteiger partial charge in [0.15, 0.2) is 0 Å². The first-order valence-corrected chi connectivity index (χ1v) is 6.57. The Balaban J connectivity index is 2.88. The summed E-state index contributed by atoms with van der Waals surface area (Å²) in [5, 5.41) is 0. The van der Waals surface area contributed by atoms with Crippen LogP contribution >= 0.6 is 0 Å². The van der Waals surface area contributed by atoms with Crippen molar-refractivity contribution in [2.24, 2.45) is 0 Å². The number of ether oxygens (including phenoxy) is 2. The maximum atomic E-state index is 11.9. The van der Waals surface area contributed by atoms with Crippen molar-refractivity contribution in [1.29, 1.82) is 0 Å². The zero-order valence-corrected chi connectivity index (χ0v) is 12.1. The van der Waals surface area contributed by atoms with Crippen LogP contribution in [0, 0.1) is 0 Å². The van der Waals surface area contributed by atoms with Crippen LogP contribution in [-0.2, 0) is 9.47 Å². The molecule has 1 amide bonds. The molecule has 0 spiro atoms. The lowest BCUT2D eigenvalue weighted by molar-refractivity contribution is 0.0526. The SMILES string of the molecule is C=CCOC(=O)N(CC=C)c1ccc(C(=O)OCC)cc1. The molecule has 0 radical (unpaired) electrons. The predicted molar refractivity (Wildman–Crippen MR) is 81.5 cm³/mol. The van der Waals surface area contributed by atoms with Crippen LogP contribution < -0.4 is 4.90 Å². The van der Waals surface area contributed by atoms with Crippen molar-refractivity contribution in [2.75, 3.05) is 24.7 Å². The van der Waals surface area contributed by atoms with Crippen molar-refractivity contribution in [2.45, 2.75) is 6.92 Å². The van der Waals surface area contributed by atoms with Crippen molar-refractivity contribution in [3.8, 4) is 0 Å². The second-order valence-electron chi connectivity index (χ2n) is 4.03. The van der Waals surface area contributed by atoms with Crippen molar-refractivity contribution in [3.05, 3.63) is 55.1 Å². The van der Waals surface area contributed by atoms with Crippen LogP contribution in [0.15, 0.2) is 49.6 Å². The number of esters is 1. The van der Waals surface area contributed by atoms with E-state index < -0.39 is 12.1 Å². The molecule has 112 valence electrons. The lowest BCUT2D eigenvalue weighted by Crippen LogP contribution is -2.31. The summed E-state index contributed by atoms with van der Waals surface area (Å²) >= 11 is 0. The zero-order valence-electron chi connectivity index (χ0n) is 12.1. The van der Waals surface area contributed by atoms with Gasteiger partial charge in [-0.1, -0.05) is 18.7 Å². The summed E-state index contributed by atoms with van der Waals surface area (Å²) in [6, 6.07) is 6.52. The fourth-order valence-corrected chi connectivity index (χ4v) is 1.61. The highest BCUT2D eigenvalue weighted by Crippen LogP contribution is 2.17. The van der Waals surface area contributed by atoms with E-state index in [0.29, 0.717) is 24.4 Å². The van der Waals surface area contributed by atoms with Crippen LogP contribution in [0.5, 0.6) is 0 Å². The number of nitrogens with zero attached hydrogens (tertiary/aromatic N) is 1. The van der Waals surface area contributed by atoms with Crippen LogP contribution in [-0.4, -0.2) is 31.8 Å². The van der Waals surface area contributed by atoms with Gasteiger partial charge in [-0.05, 0) is 31.2 Å². The Hall–Kier alpha value is -2.56. The maximum absolute atomic E-state index is 11.9. The lowest BCUT2D eigenvalue weighted by atomic mass is 10.2. The van der Waals surface area contributed by atoms with Crippen LogP contribution in [0.2, 0.25) is 0 Å². The van der Waals surface area contributed by atoms with Crippen LogP contribution in [0.3, 0.4) is 0 Å². The molecule has 0 N–H and O–H groups in total. The Morgan fingerprint density at radius 1 is 1.14 bits per heavy atom. The number of hydrogen-bond acceptors (Lipinski definition) is 4. The smallest absolute Gasteiger partial charge is 0.414 e. The summed E-state index contributed by atoms with van der Waals surface area (Å²) < 4.78 is 9.91. The Labute approximate surface area is 124 Å². The first-order valence-electron chi connectivity index (χ1n) is 6.57. The van der Waals surface area contributed by atoms with Gasteiger partial charge in [-0.3, -0.25) is 4.90 Å². The fraction of sp³-hybridized carbons (Fsp3) is 0.250. The van der Waals surface area contributed by atoms with Gasteiger partial charge in [-0.15, -0.1) is 6.58 Å². The molecule has 1 rings (SSSR count). The van der Waals surface area contributed by atoms with Gasteiger partial charge in [0, 0.05) is 12.2 Å². The van der Waals surface area contributed by atoms with E-state index in [1.165, 1.54) is 11.0 Å². The molecule has 21 heavy (non-hydrogen) atoms. The molecule has 5 nitrogen and oxygen atoms in total. The van der Waals surface area contributed by atoms with Crippen molar-refractivity contribution in [3.63, 3.8) is 0 Å². The summed E-state index contributed by atoms with van der Waals surface area (Å²) in [5.74, 6) is -0.395. The molecular formula is C16H19NO4. The summed E-state index contributed by atoms with van der Waals surface area (Å²) in [7, 11) is 0. The minimum atomic E-state index is -0.501. The molecule has 0 fully saturated rings. The second-order valence-corrected chi connectivity index (χ2v) is 4.03. The zero-order chi connectivity index (χ0) is 15.7. The van der Waals surface area contributed by atoms with Gasteiger partial charge in [-0.2, -0.15) is 0 Å².